The first-order chi connectivity index (χ1) is 11.9. The Morgan fingerprint density at radius 3 is 2.40 bits per heavy atom. The predicted molar refractivity (Wildman–Crippen MR) is 93.3 cm³/mol. The highest BCUT2D eigenvalue weighted by molar-refractivity contribution is 6.31. The van der Waals surface area contributed by atoms with Crippen molar-refractivity contribution >= 4 is 23.2 Å². The topological polar surface area (TPSA) is 81.1 Å². The number of nitrogens with one attached hydrogen (secondary N) is 1. The van der Waals surface area contributed by atoms with Gasteiger partial charge in [-0.15, -0.1) is 0 Å². The summed E-state index contributed by atoms with van der Waals surface area (Å²) in [4.78, 5) is 12.3. The van der Waals surface area contributed by atoms with E-state index in [9.17, 15) is 13.6 Å². The lowest BCUT2D eigenvalue weighted by atomic mass is 9.96. The average molecular weight is 366 g/mol. The van der Waals surface area contributed by atoms with Gasteiger partial charge in [0.2, 0.25) is 0 Å². The van der Waals surface area contributed by atoms with Crippen LogP contribution >= 0.6 is 11.6 Å². The number of rotatable bonds is 5. The molecule has 7 heteroatoms. The van der Waals surface area contributed by atoms with Crippen LogP contribution in [0.25, 0.3) is 0 Å². The van der Waals surface area contributed by atoms with Crippen LogP contribution in [0.5, 0.6) is 0 Å². The molecule has 0 unspecified atom stereocenters. The van der Waals surface area contributed by atoms with Gasteiger partial charge in [-0.05, 0) is 53.6 Å². The molecule has 0 spiro atoms. The molecular weight excluding hydrogens is 348 g/mol. The highest BCUT2D eigenvalue weighted by atomic mass is 35.5. The molecule has 0 aliphatic heterocycles. The summed E-state index contributed by atoms with van der Waals surface area (Å²) >= 11 is 5.44. The van der Waals surface area contributed by atoms with Crippen LogP contribution in [0.1, 0.15) is 45.8 Å². The Morgan fingerprint density at radius 1 is 1.20 bits per heavy atom. The first-order valence-electron chi connectivity index (χ1n) is 7.95. The van der Waals surface area contributed by atoms with Gasteiger partial charge in [0.25, 0.3) is 5.91 Å². The van der Waals surface area contributed by atoms with E-state index in [-0.39, 0.29) is 18.7 Å². The lowest BCUT2D eigenvalue weighted by Crippen LogP contribution is -2.25. The summed E-state index contributed by atoms with van der Waals surface area (Å²) in [6, 6.07) is 5.60. The number of hydrogen-bond donors (Lipinski definition) is 3. The van der Waals surface area contributed by atoms with Crippen LogP contribution in [0, 0.1) is 11.6 Å². The molecule has 0 atom stereocenters. The van der Waals surface area contributed by atoms with Crippen LogP contribution < -0.4 is 16.8 Å². The number of hydrogen-bond acceptors (Lipinski definition) is 3. The van der Waals surface area contributed by atoms with E-state index in [1.54, 1.807) is 0 Å². The van der Waals surface area contributed by atoms with Crippen molar-refractivity contribution in [3.05, 3.63) is 63.2 Å². The standard InChI is InChI=1S/C18H18ClF2N3O/c19-17-14(20)5-10(6-15(17)21)18(25)24-8-13-11(9-1-2-9)3-4-16(23)12(13)7-22/h3-6,9H,1-2,7-8,22-23H2,(H,24,25). The van der Waals surface area contributed by atoms with Gasteiger partial charge in [-0.3, -0.25) is 4.79 Å². The van der Waals surface area contributed by atoms with Gasteiger partial charge in [-0.2, -0.15) is 0 Å². The summed E-state index contributed by atoms with van der Waals surface area (Å²) in [5.74, 6) is -2.10. The van der Waals surface area contributed by atoms with Crippen molar-refractivity contribution in [3.8, 4) is 0 Å². The van der Waals surface area contributed by atoms with Gasteiger partial charge in [0.05, 0.1) is 0 Å². The highest BCUT2D eigenvalue weighted by Gasteiger charge is 2.27. The van der Waals surface area contributed by atoms with Gasteiger partial charge in [-0.1, -0.05) is 17.7 Å². The molecule has 2 aromatic rings. The van der Waals surface area contributed by atoms with E-state index in [0.717, 1.165) is 41.7 Å². The molecule has 0 bridgehead atoms. The number of halogens is 3. The lowest BCUT2D eigenvalue weighted by molar-refractivity contribution is 0.0950. The minimum atomic E-state index is -0.975. The average Bonchev–Trinajstić information content (AvgIpc) is 3.42. The molecule has 1 aliphatic carbocycles. The molecular formula is C18H18ClF2N3O. The van der Waals surface area contributed by atoms with Crippen LogP contribution in [0.4, 0.5) is 14.5 Å². The van der Waals surface area contributed by atoms with Crippen molar-refractivity contribution < 1.29 is 13.6 Å². The summed E-state index contributed by atoms with van der Waals surface area (Å²) in [5, 5.41) is 2.06. The third-order valence-corrected chi connectivity index (χ3v) is 4.76. The lowest BCUT2D eigenvalue weighted by Gasteiger charge is -2.17. The summed E-state index contributed by atoms with van der Waals surface area (Å²) in [7, 11) is 0. The normalized spacial score (nSPS) is 13.8. The van der Waals surface area contributed by atoms with E-state index < -0.39 is 22.6 Å². The monoisotopic (exact) mass is 365 g/mol. The SMILES string of the molecule is NCc1c(N)ccc(C2CC2)c1CNC(=O)c1cc(F)c(Cl)c(F)c1. The van der Waals surface area contributed by atoms with Crippen molar-refractivity contribution in [2.45, 2.75) is 31.8 Å². The van der Waals surface area contributed by atoms with E-state index in [4.69, 9.17) is 23.1 Å². The first kappa shape index (κ1) is 17.6. The van der Waals surface area contributed by atoms with E-state index in [1.807, 2.05) is 12.1 Å². The second kappa shape index (κ2) is 6.98. The quantitative estimate of drug-likeness (QED) is 0.560. The smallest absolute Gasteiger partial charge is 0.251 e. The van der Waals surface area contributed by atoms with Gasteiger partial charge >= 0.3 is 0 Å². The maximum atomic E-state index is 13.5. The van der Waals surface area contributed by atoms with E-state index in [2.05, 4.69) is 5.32 Å². The molecule has 0 radical (unpaired) electrons. The molecule has 25 heavy (non-hydrogen) atoms. The molecule has 2 aromatic carbocycles. The molecule has 3 rings (SSSR count). The minimum absolute atomic E-state index is 0.134. The predicted octanol–water partition coefficient (Wildman–Crippen LogP) is 3.47. The Bertz CT molecular complexity index is 814. The zero-order chi connectivity index (χ0) is 18.1. The van der Waals surface area contributed by atoms with Gasteiger partial charge in [0, 0.05) is 24.3 Å². The molecule has 1 saturated carbocycles. The Labute approximate surface area is 149 Å². The highest BCUT2D eigenvalue weighted by Crippen LogP contribution is 2.43. The minimum Gasteiger partial charge on any atom is -0.398 e. The molecule has 132 valence electrons. The number of carbonyl (C=O) groups excluding carboxylic acids is 1. The molecule has 4 nitrogen and oxygen atoms in total. The van der Waals surface area contributed by atoms with E-state index >= 15 is 0 Å². The molecule has 0 aromatic heterocycles. The van der Waals surface area contributed by atoms with Gasteiger partial charge < -0.3 is 16.8 Å². The van der Waals surface area contributed by atoms with Gasteiger partial charge in [0.15, 0.2) is 0 Å². The largest absolute Gasteiger partial charge is 0.398 e. The van der Waals surface area contributed by atoms with Crippen LogP contribution in [-0.4, -0.2) is 5.91 Å². The third-order valence-electron chi connectivity index (χ3n) is 4.40. The Balaban J connectivity index is 1.84. The number of benzene rings is 2. The first-order valence-corrected chi connectivity index (χ1v) is 8.33. The van der Waals surface area contributed by atoms with E-state index in [1.165, 1.54) is 0 Å². The number of nitrogens with two attached hydrogens (primary N) is 2. The number of nitrogen functional groups attached to an aromatic ring is 1. The number of amides is 1. The second-order valence-corrected chi connectivity index (χ2v) is 6.49. The van der Waals surface area contributed by atoms with Crippen LogP contribution in [0.15, 0.2) is 24.3 Å². The fraction of sp³-hybridized carbons (Fsp3) is 0.278. The fourth-order valence-electron chi connectivity index (χ4n) is 2.91. The van der Waals surface area contributed by atoms with Crippen LogP contribution in [0.3, 0.4) is 0 Å². The van der Waals surface area contributed by atoms with Crippen molar-refractivity contribution in [2.24, 2.45) is 5.73 Å². The maximum absolute atomic E-state index is 13.5. The zero-order valence-corrected chi connectivity index (χ0v) is 14.2. The summed E-state index contributed by atoms with van der Waals surface area (Å²) in [6.45, 7) is 0.440. The molecule has 0 heterocycles. The fourth-order valence-corrected chi connectivity index (χ4v) is 3.02. The number of carbonyl (C=O) groups is 1. The molecule has 1 fully saturated rings. The zero-order valence-electron chi connectivity index (χ0n) is 13.4. The summed E-state index contributed by atoms with van der Waals surface area (Å²) in [6.07, 6.45) is 2.17. The molecule has 5 N–H and O–H groups in total. The summed E-state index contributed by atoms with van der Waals surface area (Å²) in [5.41, 5.74) is 15.0. The second-order valence-electron chi connectivity index (χ2n) is 6.12. The van der Waals surface area contributed by atoms with Crippen molar-refractivity contribution in [3.63, 3.8) is 0 Å². The summed E-state index contributed by atoms with van der Waals surface area (Å²) < 4.78 is 27.1. The van der Waals surface area contributed by atoms with Crippen molar-refractivity contribution in [2.75, 3.05) is 5.73 Å². The van der Waals surface area contributed by atoms with Crippen molar-refractivity contribution in [1.29, 1.82) is 0 Å². The van der Waals surface area contributed by atoms with Gasteiger partial charge in [0.1, 0.15) is 16.7 Å². The Hall–Kier alpha value is -2.18. The van der Waals surface area contributed by atoms with Crippen LogP contribution in [0.2, 0.25) is 5.02 Å². The maximum Gasteiger partial charge on any atom is 0.251 e. The number of anilines is 1. The molecule has 1 amide bonds. The van der Waals surface area contributed by atoms with Crippen molar-refractivity contribution in [1.82, 2.24) is 5.32 Å². The van der Waals surface area contributed by atoms with E-state index in [0.29, 0.717) is 11.6 Å². The Morgan fingerprint density at radius 2 is 1.84 bits per heavy atom. The van der Waals surface area contributed by atoms with Crippen LogP contribution in [-0.2, 0) is 13.1 Å². The molecule has 1 aliphatic rings. The Kier molecular flexibility index (Phi) is 4.92. The third kappa shape index (κ3) is 3.60. The van der Waals surface area contributed by atoms with Gasteiger partial charge in [-0.25, -0.2) is 8.78 Å². The molecule has 0 saturated heterocycles.